The van der Waals surface area contributed by atoms with Crippen LogP contribution in [0.15, 0.2) is 51.8 Å². The molecule has 3 nitrogen and oxygen atoms in total. The zero-order valence-electron chi connectivity index (χ0n) is 10.3. The molecule has 0 fully saturated rings. The topological polar surface area (TPSA) is 46.2 Å². The normalized spacial score (nSPS) is 19.6. The molecule has 2 aromatic carbocycles. The summed E-state index contributed by atoms with van der Waals surface area (Å²) in [6, 6.07) is 10.8. The van der Waals surface area contributed by atoms with Crippen LogP contribution in [0, 0.1) is 5.82 Å². The number of rotatable bonds is 2. The molecule has 0 amide bonds. The SMILES string of the molecule is O=S1(=O)CC(Nc2cc(F)ccc2Br)c2ccccc21. The van der Waals surface area contributed by atoms with Crippen LogP contribution in [0.1, 0.15) is 11.6 Å². The van der Waals surface area contributed by atoms with E-state index < -0.39 is 9.84 Å². The molecule has 0 aliphatic carbocycles. The number of hydrogen-bond donors (Lipinski definition) is 1. The first-order chi connectivity index (χ1) is 9.47. The van der Waals surface area contributed by atoms with Gasteiger partial charge in [0.25, 0.3) is 0 Å². The predicted molar refractivity (Wildman–Crippen MR) is 79.0 cm³/mol. The van der Waals surface area contributed by atoms with E-state index in [0.717, 1.165) is 5.56 Å². The van der Waals surface area contributed by atoms with E-state index >= 15 is 0 Å². The van der Waals surface area contributed by atoms with Gasteiger partial charge in [0.05, 0.1) is 22.4 Å². The van der Waals surface area contributed by atoms with Gasteiger partial charge in [-0.05, 0) is 45.8 Å². The van der Waals surface area contributed by atoms with Crippen LogP contribution in [0.4, 0.5) is 10.1 Å². The van der Waals surface area contributed by atoms with Gasteiger partial charge in [0.15, 0.2) is 9.84 Å². The number of halogens is 2. The summed E-state index contributed by atoms with van der Waals surface area (Å²) in [5.41, 5.74) is 1.27. The van der Waals surface area contributed by atoms with Crippen LogP contribution in [0.25, 0.3) is 0 Å². The van der Waals surface area contributed by atoms with Gasteiger partial charge in [0, 0.05) is 4.47 Å². The molecule has 1 aliphatic heterocycles. The van der Waals surface area contributed by atoms with Crippen molar-refractivity contribution in [2.45, 2.75) is 10.9 Å². The lowest BCUT2D eigenvalue weighted by atomic mass is 10.1. The van der Waals surface area contributed by atoms with Gasteiger partial charge in [-0.2, -0.15) is 0 Å². The molecule has 0 aromatic heterocycles. The van der Waals surface area contributed by atoms with Crippen LogP contribution in [-0.4, -0.2) is 14.2 Å². The van der Waals surface area contributed by atoms with E-state index in [1.807, 2.05) is 0 Å². The van der Waals surface area contributed by atoms with Crippen LogP contribution >= 0.6 is 15.9 Å². The van der Waals surface area contributed by atoms with Gasteiger partial charge >= 0.3 is 0 Å². The van der Waals surface area contributed by atoms with Crippen LogP contribution in [-0.2, 0) is 9.84 Å². The Morgan fingerprint density at radius 2 is 1.95 bits per heavy atom. The lowest BCUT2D eigenvalue weighted by molar-refractivity contribution is 0.598. The third kappa shape index (κ3) is 2.33. The molecule has 0 saturated carbocycles. The zero-order chi connectivity index (χ0) is 14.3. The van der Waals surface area contributed by atoms with Crippen molar-refractivity contribution in [2.24, 2.45) is 0 Å². The number of nitrogens with one attached hydrogen (secondary N) is 1. The third-order valence-electron chi connectivity index (χ3n) is 3.27. The third-order valence-corrected chi connectivity index (χ3v) is 5.78. The van der Waals surface area contributed by atoms with Crippen molar-refractivity contribution in [1.29, 1.82) is 0 Å². The van der Waals surface area contributed by atoms with Crippen LogP contribution in [0.5, 0.6) is 0 Å². The smallest absolute Gasteiger partial charge is 0.181 e. The van der Waals surface area contributed by atoms with Gasteiger partial charge in [-0.3, -0.25) is 0 Å². The molecular weight excluding hydrogens is 345 g/mol. The number of hydrogen-bond acceptors (Lipinski definition) is 3. The average Bonchev–Trinajstić information content (AvgIpc) is 2.66. The van der Waals surface area contributed by atoms with E-state index in [4.69, 9.17) is 0 Å². The fraction of sp³-hybridized carbons (Fsp3) is 0.143. The van der Waals surface area contributed by atoms with Gasteiger partial charge in [0.2, 0.25) is 0 Å². The standard InChI is InChI=1S/C14H11BrFNO2S/c15-11-6-5-9(16)7-12(11)17-13-8-20(18,19)14-4-2-1-3-10(13)14/h1-7,13,17H,8H2. The summed E-state index contributed by atoms with van der Waals surface area (Å²) in [6.45, 7) is 0. The number of anilines is 1. The first kappa shape index (κ1) is 13.6. The molecule has 6 heteroatoms. The van der Waals surface area contributed by atoms with Crippen LogP contribution < -0.4 is 5.32 Å². The van der Waals surface area contributed by atoms with Crippen LogP contribution in [0.3, 0.4) is 0 Å². The Morgan fingerprint density at radius 1 is 1.20 bits per heavy atom. The molecule has 0 saturated heterocycles. The van der Waals surface area contributed by atoms with Crippen molar-refractivity contribution in [3.63, 3.8) is 0 Å². The predicted octanol–water partition coefficient (Wildman–Crippen LogP) is 3.53. The van der Waals surface area contributed by atoms with E-state index in [1.165, 1.54) is 12.1 Å². The minimum absolute atomic E-state index is 0.0186. The lowest BCUT2D eigenvalue weighted by Gasteiger charge is -2.15. The lowest BCUT2D eigenvalue weighted by Crippen LogP contribution is -2.13. The summed E-state index contributed by atoms with van der Waals surface area (Å²) >= 11 is 3.33. The summed E-state index contributed by atoms with van der Waals surface area (Å²) in [5, 5.41) is 3.10. The van der Waals surface area contributed by atoms with Crippen LogP contribution in [0.2, 0.25) is 0 Å². The maximum Gasteiger partial charge on any atom is 0.181 e. The first-order valence-corrected chi connectivity index (χ1v) is 8.45. The molecule has 104 valence electrons. The van der Waals surface area contributed by atoms with Gasteiger partial charge in [-0.15, -0.1) is 0 Å². The molecule has 1 N–H and O–H groups in total. The molecule has 2 aromatic rings. The molecule has 1 unspecified atom stereocenters. The first-order valence-electron chi connectivity index (χ1n) is 6.01. The van der Waals surface area contributed by atoms with E-state index in [2.05, 4.69) is 21.2 Å². The van der Waals surface area contributed by atoms with E-state index in [0.29, 0.717) is 15.1 Å². The van der Waals surface area contributed by atoms with Crippen molar-refractivity contribution in [2.75, 3.05) is 11.1 Å². The Labute approximate surface area is 124 Å². The molecule has 3 rings (SSSR count). The fourth-order valence-electron chi connectivity index (χ4n) is 2.37. The second-order valence-electron chi connectivity index (χ2n) is 4.64. The molecule has 1 atom stereocenters. The summed E-state index contributed by atoms with van der Waals surface area (Å²) in [5.74, 6) is -0.389. The Bertz CT molecular complexity index is 776. The van der Waals surface area contributed by atoms with E-state index in [1.54, 1.807) is 30.3 Å². The molecule has 0 radical (unpaired) electrons. The van der Waals surface area contributed by atoms with E-state index in [9.17, 15) is 12.8 Å². The average molecular weight is 356 g/mol. The summed E-state index contributed by atoms with van der Waals surface area (Å²) < 4.78 is 38.1. The van der Waals surface area contributed by atoms with E-state index in [-0.39, 0.29) is 17.6 Å². The van der Waals surface area contributed by atoms with Crippen molar-refractivity contribution in [3.8, 4) is 0 Å². The largest absolute Gasteiger partial charge is 0.376 e. The second kappa shape index (κ2) is 4.86. The molecule has 0 bridgehead atoms. The minimum Gasteiger partial charge on any atom is -0.376 e. The Morgan fingerprint density at radius 3 is 2.75 bits per heavy atom. The highest BCUT2D eigenvalue weighted by Crippen LogP contribution is 2.36. The monoisotopic (exact) mass is 355 g/mol. The highest BCUT2D eigenvalue weighted by molar-refractivity contribution is 9.10. The molecule has 0 spiro atoms. The summed E-state index contributed by atoms with van der Waals surface area (Å²) in [7, 11) is -3.27. The van der Waals surface area contributed by atoms with Crippen molar-refractivity contribution in [1.82, 2.24) is 0 Å². The second-order valence-corrected chi connectivity index (χ2v) is 7.50. The zero-order valence-corrected chi connectivity index (χ0v) is 12.7. The Hall–Kier alpha value is -1.40. The highest BCUT2D eigenvalue weighted by Gasteiger charge is 2.34. The minimum atomic E-state index is -3.27. The maximum absolute atomic E-state index is 13.3. The van der Waals surface area contributed by atoms with Crippen molar-refractivity contribution >= 4 is 31.5 Å². The molecule has 1 aliphatic rings. The van der Waals surface area contributed by atoms with Crippen molar-refractivity contribution < 1.29 is 12.8 Å². The van der Waals surface area contributed by atoms with Gasteiger partial charge < -0.3 is 5.32 Å². The number of fused-ring (bicyclic) bond motifs is 1. The number of sulfone groups is 1. The van der Waals surface area contributed by atoms with Gasteiger partial charge in [-0.1, -0.05) is 18.2 Å². The summed E-state index contributed by atoms with van der Waals surface area (Å²) in [6.07, 6.45) is 0. The Kier molecular flexibility index (Phi) is 3.30. The quantitative estimate of drug-likeness (QED) is 0.896. The van der Waals surface area contributed by atoms with Crippen molar-refractivity contribution in [3.05, 3.63) is 58.3 Å². The maximum atomic E-state index is 13.3. The number of benzene rings is 2. The molecule has 1 heterocycles. The fourth-order valence-corrected chi connectivity index (χ4v) is 4.46. The molecule has 20 heavy (non-hydrogen) atoms. The molecular formula is C14H11BrFNO2S. The van der Waals surface area contributed by atoms with Gasteiger partial charge in [0.1, 0.15) is 5.82 Å². The highest BCUT2D eigenvalue weighted by atomic mass is 79.9. The Balaban J connectivity index is 2.00. The summed E-state index contributed by atoms with van der Waals surface area (Å²) in [4.78, 5) is 0.352. The van der Waals surface area contributed by atoms with Gasteiger partial charge in [-0.25, -0.2) is 12.8 Å².